The maximum atomic E-state index is 12.4. The minimum atomic E-state index is -5.99. The molecule has 0 aromatic carbocycles. The van der Waals surface area contributed by atoms with Gasteiger partial charge in [-0.25, -0.2) is 4.79 Å². The maximum absolute atomic E-state index is 12.4. The van der Waals surface area contributed by atoms with Gasteiger partial charge in [0.05, 0.1) is 0 Å². The predicted molar refractivity (Wildman–Crippen MR) is 41.1 cm³/mol. The fourth-order valence-electron chi connectivity index (χ4n) is 1.28. The topological polar surface area (TPSA) is 52.6 Å². The molecule has 4 nitrogen and oxygen atoms in total. The van der Waals surface area contributed by atoms with Gasteiger partial charge in [0.1, 0.15) is 5.78 Å². The molecule has 0 N–H and O–H groups in total. The van der Waals surface area contributed by atoms with Crippen LogP contribution in [0.1, 0.15) is 13.3 Å². The van der Waals surface area contributed by atoms with Crippen LogP contribution in [-0.4, -0.2) is 36.0 Å². The van der Waals surface area contributed by atoms with E-state index in [-0.39, 0.29) is 0 Å². The van der Waals surface area contributed by atoms with E-state index in [4.69, 9.17) is 0 Å². The number of hydrogen-bond donors (Lipinski definition) is 0. The van der Waals surface area contributed by atoms with E-state index in [1.165, 1.54) is 0 Å². The molecule has 0 amide bonds. The van der Waals surface area contributed by atoms with Gasteiger partial charge in [0.15, 0.2) is 6.10 Å². The third-order valence-corrected chi connectivity index (χ3v) is 2.03. The Balaban J connectivity index is 3.12. The van der Waals surface area contributed by atoms with Gasteiger partial charge in [-0.2, -0.15) is 26.3 Å². The van der Waals surface area contributed by atoms with Crippen LogP contribution in [0.25, 0.3) is 0 Å². The summed E-state index contributed by atoms with van der Waals surface area (Å²) in [7, 11) is 0. The lowest BCUT2D eigenvalue weighted by atomic mass is 10.2. The van der Waals surface area contributed by atoms with Crippen molar-refractivity contribution in [1.29, 1.82) is 0 Å². The van der Waals surface area contributed by atoms with Gasteiger partial charge in [0, 0.05) is 6.42 Å². The predicted octanol–water partition coefficient (Wildman–Crippen LogP) is 1.73. The Morgan fingerprint density at radius 3 is 1.94 bits per heavy atom. The summed E-state index contributed by atoms with van der Waals surface area (Å²) in [5.74, 6) is -7.69. The molecule has 10 heteroatoms. The van der Waals surface area contributed by atoms with Crippen molar-refractivity contribution in [3.8, 4) is 0 Å². The van der Waals surface area contributed by atoms with Gasteiger partial charge >= 0.3 is 24.1 Å². The van der Waals surface area contributed by atoms with Crippen molar-refractivity contribution in [2.24, 2.45) is 0 Å². The van der Waals surface area contributed by atoms with E-state index in [2.05, 4.69) is 9.47 Å². The first kappa shape index (κ1) is 14.7. The van der Waals surface area contributed by atoms with E-state index in [1.54, 1.807) is 0 Å². The highest BCUT2D eigenvalue weighted by atomic mass is 19.4. The standard InChI is InChI=1S/C8H6F6O4/c1-3(15)2-4-5(16)18-6(17-4,7(9,10)11)8(12,13)14/h4H,2H2,1H3/t4-/m0/s1. The van der Waals surface area contributed by atoms with Crippen molar-refractivity contribution in [1.82, 2.24) is 0 Å². The van der Waals surface area contributed by atoms with Gasteiger partial charge in [0.2, 0.25) is 0 Å². The van der Waals surface area contributed by atoms with Crippen molar-refractivity contribution in [3.05, 3.63) is 0 Å². The number of halogens is 6. The lowest BCUT2D eigenvalue weighted by Gasteiger charge is -2.30. The first-order valence-corrected chi connectivity index (χ1v) is 4.44. The Morgan fingerprint density at radius 2 is 1.67 bits per heavy atom. The average molecular weight is 280 g/mol. The molecule has 0 unspecified atom stereocenters. The third-order valence-electron chi connectivity index (χ3n) is 2.03. The number of ether oxygens (including phenoxy) is 2. The van der Waals surface area contributed by atoms with Crippen molar-refractivity contribution >= 4 is 11.8 Å². The molecule has 1 aliphatic rings. The number of Topliss-reactive ketones (excluding diaryl/α,β-unsaturated/α-hetero) is 1. The van der Waals surface area contributed by atoms with E-state index >= 15 is 0 Å². The molecule has 0 radical (unpaired) electrons. The molecule has 104 valence electrons. The van der Waals surface area contributed by atoms with Gasteiger partial charge in [-0.15, -0.1) is 0 Å². The number of rotatable bonds is 2. The molecule has 0 saturated carbocycles. The van der Waals surface area contributed by atoms with E-state index in [9.17, 15) is 35.9 Å². The Bertz CT molecular complexity index is 357. The zero-order valence-electron chi connectivity index (χ0n) is 8.69. The second-order valence-corrected chi connectivity index (χ2v) is 3.55. The van der Waals surface area contributed by atoms with Crippen LogP contribution in [0.3, 0.4) is 0 Å². The fraction of sp³-hybridized carbons (Fsp3) is 0.750. The summed E-state index contributed by atoms with van der Waals surface area (Å²) in [6, 6.07) is 0. The molecule has 1 rings (SSSR count). The van der Waals surface area contributed by atoms with Crippen molar-refractivity contribution in [2.75, 3.05) is 0 Å². The molecule has 18 heavy (non-hydrogen) atoms. The molecule has 0 aliphatic carbocycles. The fourth-order valence-corrected chi connectivity index (χ4v) is 1.28. The second kappa shape index (κ2) is 4.11. The molecule has 1 saturated heterocycles. The first-order valence-electron chi connectivity index (χ1n) is 4.44. The lowest BCUT2D eigenvalue weighted by Crippen LogP contribution is -2.58. The van der Waals surface area contributed by atoms with E-state index in [0.29, 0.717) is 0 Å². The van der Waals surface area contributed by atoms with Crippen molar-refractivity contribution < 1.29 is 45.4 Å². The zero-order chi connectivity index (χ0) is 14.4. The van der Waals surface area contributed by atoms with Crippen molar-refractivity contribution in [2.45, 2.75) is 37.6 Å². The highest BCUT2D eigenvalue weighted by Gasteiger charge is 2.80. The number of carbonyl (C=O) groups is 2. The largest absolute Gasteiger partial charge is 0.465 e. The van der Waals surface area contributed by atoms with Crippen LogP contribution in [0.2, 0.25) is 0 Å². The van der Waals surface area contributed by atoms with E-state index < -0.39 is 42.4 Å². The van der Waals surface area contributed by atoms with E-state index in [1.807, 2.05) is 0 Å². The normalized spacial score (nSPS) is 23.9. The minimum Gasteiger partial charge on any atom is -0.414 e. The van der Waals surface area contributed by atoms with Crippen LogP contribution in [-0.2, 0) is 19.1 Å². The monoisotopic (exact) mass is 280 g/mol. The molecule has 1 aliphatic heterocycles. The third kappa shape index (κ3) is 2.28. The summed E-state index contributed by atoms with van der Waals surface area (Å²) in [4.78, 5) is 21.5. The smallest absolute Gasteiger partial charge is 0.414 e. The van der Waals surface area contributed by atoms with E-state index in [0.717, 1.165) is 6.92 Å². The van der Waals surface area contributed by atoms with Crippen LogP contribution < -0.4 is 0 Å². The molecule has 0 aromatic rings. The van der Waals surface area contributed by atoms with Crippen molar-refractivity contribution in [3.63, 3.8) is 0 Å². The summed E-state index contributed by atoms with van der Waals surface area (Å²) in [5, 5.41) is 0. The Kier molecular flexibility index (Phi) is 3.36. The molecule has 0 bridgehead atoms. The van der Waals surface area contributed by atoms with Crippen LogP contribution in [0.4, 0.5) is 26.3 Å². The summed E-state index contributed by atoms with van der Waals surface area (Å²) in [6.45, 7) is 0.887. The van der Waals surface area contributed by atoms with Gasteiger partial charge in [-0.1, -0.05) is 0 Å². The number of cyclic esters (lactones) is 1. The lowest BCUT2D eigenvalue weighted by molar-refractivity contribution is -0.439. The zero-order valence-corrected chi connectivity index (χ0v) is 8.69. The van der Waals surface area contributed by atoms with Crippen LogP contribution in [0.5, 0.6) is 0 Å². The summed E-state index contributed by atoms with van der Waals surface area (Å²) < 4.78 is 81.3. The van der Waals surface area contributed by atoms with Crippen LogP contribution in [0, 0.1) is 0 Å². The first-order chi connectivity index (χ1) is 7.91. The second-order valence-electron chi connectivity index (χ2n) is 3.55. The number of alkyl halides is 6. The number of ketones is 1. The van der Waals surface area contributed by atoms with Crippen LogP contribution in [0.15, 0.2) is 0 Å². The molecule has 0 aromatic heterocycles. The van der Waals surface area contributed by atoms with Gasteiger partial charge in [-0.05, 0) is 6.92 Å². The number of carbonyl (C=O) groups excluding carboxylic acids is 2. The summed E-state index contributed by atoms with van der Waals surface area (Å²) in [5.41, 5.74) is 0. The SMILES string of the molecule is CC(=O)C[C@@H]1OC(C(F)(F)F)(C(F)(F)F)OC1=O. The number of esters is 1. The molecular formula is C8H6F6O4. The average Bonchev–Trinajstić information content (AvgIpc) is 2.41. The minimum absolute atomic E-state index is 0.808. The van der Waals surface area contributed by atoms with Gasteiger partial charge in [-0.3, -0.25) is 4.79 Å². The molecule has 1 heterocycles. The maximum Gasteiger partial charge on any atom is 0.465 e. The number of hydrogen-bond acceptors (Lipinski definition) is 4. The Hall–Kier alpha value is -1.32. The Morgan fingerprint density at radius 1 is 1.22 bits per heavy atom. The highest BCUT2D eigenvalue weighted by molar-refractivity contribution is 5.85. The Labute approximate surface area is 95.8 Å². The molecule has 1 fully saturated rings. The summed E-state index contributed by atoms with van der Waals surface area (Å²) in [6.07, 6.45) is -15.1. The molecule has 1 atom stereocenters. The van der Waals surface area contributed by atoms with Gasteiger partial charge in [0.25, 0.3) is 0 Å². The summed E-state index contributed by atoms with van der Waals surface area (Å²) >= 11 is 0. The van der Waals surface area contributed by atoms with Gasteiger partial charge < -0.3 is 9.47 Å². The van der Waals surface area contributed by atoms with Crippen LogP contribution >= 0.6 is 0 Å². The highest BCUT2D eigenvalue weighted by Crippen LogP contribution is 2.50. The molecule has 0 spiro atoms. The quantitative estimate of drug-likeness (QED) is 0.571. The molecular weight excluding hydrogens is 274 g/mol.